The summed E-state index contributed by atoms with van der Waals surface area (Å²) in [5.74, 6) is 0. The van der Waals surface area contributed by atoms with E-state index in [4.69, 9.17) is 4.74 Å². The molecule has 0 spiro atoms. The molecule has 0 aromatic rings. The molecule has 70 valence electrons. The molecule has 0 aliphatic carbocycles. The third-order valence-corrected chi connectivity index (χ3v) is 2.80. The van der Waals surface area contributed by atoms with Gasteiger partial charge in [-0.15, -0.1) is 0 Å². The molecule has 0 saturated carbocycles. The van der Waals surface area contributed by atoms with Gasteiger partial charge in [0.25, 0.3) is 0 Å². The van der Waals surface area contributed by atoms with Crippen LogP contribution in [0, 0.1) is 0 Å². The number of nitrogens with zero attached hydrogens (tertiary/aromatic N) is 1. The number of hydrogen-bond donors (Lipinski definition) is 1. The minimum Gasteiger partial charge on any atom is -0.380 e. The number of nitrogens with one attached hydrogen (secondary N) is 1. The molecule has 1 atom stereocenters. The Labute approximate surface area is 74.1 Å². The standard InChI is InChI=1S/C9H18N2O/c1-2-9(8-12-7-1)11-5-3-10-4-6-11/h9-10H,1-8H2/t9-/m0/s1. The van der Waals surface area contributed by atoms with Crippen molar-refractivity contribution < 1.29 is 4.74 Å². The smallest absolute Gasteiger partial charge is 0.0621 e. The van der Waals surface area contributed by atoms with Gasteiger partial charge in [-0.1, -0.05) is 0 Å². The van der Waals surface area contributed by atoms with E-state index in [2.05, 4.69) is 10.2 Å². The first-order valence-corrected chi connectivity index (χ1v) is 4.99. The molecule has 2 aliphatic rings. The summed E-state index contributed by atoms with van der Waals surface area (Å²) >= 11 is 0. The molecule has 0 radical (unpaired) electrons. The summed E-state index contributed by atoms with van der Waals surface area (Å²) < 4.78 is 5.47. The van der Waals surface area contributed by atoms with Crippen molar-refractivity contribution in [3.8, 4) is 0 Å². The zero-order valence-electron chi connectivity index (χ0n) is 7.59. The lowest BCUT2D eigenvalue weighted by Gasteiger charge is -2.36. The predicted molar refractivity (Wildman–Crippen MR) is 48.3 cm³/mol. The fourth-order valence-electron chi connectivity index (χ4n) is 2.06. The number of rotatable bonds is 1. The maximum atomic E-state index is 5.47. The third-order valence-electron chi connectivity index (χ3n) is 2.80. The van der Waals surface area contributed by atoms with Gasteiger partial charge in [0.15, 0.2) is 0 Å². The second-order valence-electron chi connectivity index (χ2n) is 3.66. The summed E-state index contributed by atoms with van der Waals surface area (Å²) in [6.45, 7) is 6.64. The van der Waals surface area contributed by atoms with Crippen LogP contribution in [0.5, 0.6) is 0 Å². The van der Waals surface area contributed by atoms with Crippen LogP contribution in [0.25, 0.3) is 0 Å². The van der Waals surface area contributed by atoms with Gasteiger partial charge in [0, 0.05) is 38.8 Å². The van der Waals surface area contributed by atoms with Gasteiger partial charge in [0.05, 0.1) is 6.61 Å². The summed E-state index contributed by atoms with van der Waals surface area (Å²) in [5.41, 5.74) is 0. The lowest BCUT2D eigenvalue weighted by atomic mass is 10.1. The maximum Gasteiger partial charge on any atom is 0.0621 e. The van der Waals surface area contributed by atoms with Crippen molar-refractivity contribution >= 4 is 0 Å². The summed E-state index contributed by atoms with van der Waals surface area (Å²) in [5, 5.41) is 3.37. The maximum absolute atomic E-state index is 5.47. The van der Waals surface area contributed by atoms with E-state index in [-0.39, 0.29) is 0 Å². The largest absolute Gasteiger partial charge is 0.380 e. The van der Waals surface area contributed by atoms with Gasteiger partial charge in [0.1, 0.15) is 0 Å². The lowest BCUT2D eigenvalue weighted by molar-refractivity contribution is 0.0136. The lowest BCUT2D eigenvalue weighted by Crippen LogP contribution is -2.50. The molecule has 0 unspecified atom stereocenters. The van der Waals surface area contributed by atoms with E-state index in [1.54, 1.807) is 0 Å². The van der Waals surface area contributed by atoms with Crippen LogP contribution in [0.3, 0.4) is 0 Å². The highest BCUT2D eigenvalue weighted by Crippen LogP contribution is 2.13. The summed E-state index contributed by atoms with van der Waals surface area (Å²) in [7, 11) is 0. The molecule has 0 aromatic heterocycles. The molecule has 2 heterocycles. The predicted octanol–water partition coefficient (Wildman–Crippen LogP) is 0.0706. The van der Waals surface area contributed by atoms with Crippen molar-refractivity contribution in [3.63, 3.8) is 0 Å². The minimum absolute atomic E-state index is 0.709. The molecule has 2 saturated heterocycles. The summed E-state index contributed by atoms with van der Waals surface area (Å²) in [6, 6.07) is 0.709. The molecule has 0 bridgehead atoms. The molecular weight excluding hydrogens is 152 g/mol. The first-order chi connectivity index (χ1) is 5.97. The summed E-state index contributed by atoms with van der Waals surface area (Å²) in [4.78, 5) is 2.57. The van der Waals surface area contributed by atoms with Crippen molar-refractivity contribution in [1.29, 1.82) is 0 Å². The topological polar surface area (TPSA) is 24.5 Å². The van der Waals surface area contributed by atoms with Gasteiger partial charge in [-0.05, 0) is 12.8 Å². The fourth-order valence-corrected chi connectivity index (χ4v) is 2.06. The van der Waals surface area contributed by atoms with Crippen LogP contribution in [-0.4, -0.2) is 50.3 Å². The van der Waals surface area contributed by atoms with Crippen molar-refractivity contribution in [2.24, 2.45) is 0 Å². The molecule has 3 nitrogen and oxygen atoms in total. The monoisotopic (exact) mass is 170 g/mol. The van der Waals surface area contributed by atoms with E-state index >= 15 is 0 Å². The van der Waals surface area contributed by atoms with Gasteiger partial charge < -0.3 is 10.1 Å². The SMILES string of the molecule is C1COC[C@@H](N2CCNCC2)C1. The highest BCUT2D eigenvalue weighted by Gasteiger charge is 2.22. The molecule has 0 aromatic carbocycles. The average molecular weight is 170 g/mol. The van der Waals surface area contributed by atoms with Gasteiger partial charge in [0.2, 0.25) is 0 Å². The zero-order valence-corrected chi connectivity index (χ0v) is 7.59. The Morgan fingerprint density at radius 3 is 2.75 bits per heavy atom. The van der Waals surface area contributed by atoms with Gasteiger partial charge >= 0.3 is 0 Å². The van der Waals surface area contributed by atoms with E-state index in [1.165, 1.54) is 25.9 Å². The van der Waals surface area contributed by atoms with Crippen LogP contribution in [-0.2, 0) is 4.74 Å². The Morgan fingerprint density at radius 1 is 1.25 bits per heavy atom. The Morgan fingerprint density at radius 2 is 2.08 bits per heavy atom. The van der Waals surface area contributed by atoms with Crippen molar-refractivity contribution in [3.05, 3.63) is 0 Å². The Hall–Kier alpha value is -0.120. The van der Waals surface area contributed by atoms with E-state index in [0.29, 0.717) is 6.04 Å². The second-order valence-corrected chi connectivity index (χ2v) is 3.66. The molecule has 2 aliphatic heterocycles. The molecular formula is C9H18N2O. The van der Waals surface area contributed by atoms with Crippen LogP contribution >= 0.6 is 0 Å². The third kappa shape index (κ3) is 1.97. The van der Waals surface area contributed by atoms with Gasteiger partial charge in [-0.2, -0.15) is 0 Å². The molecule has 2 rings (SSSR count). The second kappa shape index (κ2) is 4.21. The molecule has 3 heteroatoms. The number of ether oxygens (including phenoxy) is 1. The Bertz CT molecular complexity index is 112. The molecule has 0 amide bonds. The number of hydrogen-bond acceptors (Lipinski definition) is 3. The summed E-state index contributed by atoms with van der Waals surface area (Å²) in [6.07, 6.45) is 2.58. The molecule has 2 fully saturated rings. The van der Waals surface area contributed by atoms with Crippen LogP contribution in [0.2, 0.25) is 0 Å². The quantitative estimate of drug-likeness (QED) is 0.603. The fraction of sp³-hybridized carbons (Fsp3) is 1.00. The Balaban J connectivity index is 1.80. The first kappa shape index (κ1) is 8.48. The first-order valence-electron chi connectivity index (χ1n) is 4.99. The Kier molecular flexibility index (Phi) is 2.98. The molecule has 1 N–H and O–H groups in total. The average Bonchev–Trinajstić information content (AvgIpc) is 2.21. The highest BCUT2D eigenvalue weighted by atomic mass is 16.5. The van der Waals surface area contributed by atoms with Crippen LogP contribution in [0.1, 0.15) is 12.8 Å². The van der Waals surface area contributed by atoms with Crippen LogP contribution < -0.4 is 5.32 Å². The van der Waals surface area contributed by atoms with E-state index in [0.717, 1.165) is 26.3 Å². The molecule has 12 heavy (non-hydrogen) atoms. The normalized spacial score (nSPS) is 33.5. The van der Waals surface area contributed by atoms with Gasteiger partial charge in [-0.3, -0.25) is 4.90 Å². The van der Waals surface area contributed by atoms with Crippen LogP contribution in [0.15, 0.2) is 0 Å². The van der Waals surface area contributed by atoms with E-state index in [1.807, 2.05) is 0 Å². The van der Waals surface area contributed by atoms with Crippen LogP contribution in [0.4, 0.5) is 0 Å². The van der Waals surface area contributed by atoms with E-state index < -0.39 is 0 Å². The van der Waals surface area contributed by atoms with Gasteiger partial charge in [-0.25, -0.2) is 0 Å². The van der Waals surface area contributed by atoms with Crippen molar-refractivity contribution in [2.75, 3.05) is 39.4 Å². The van der Waals surface area contributed by atoms with Crippen molar-refractivity contribution in [2.45, 2.75) is 18.9 Å². The van der Waals surface area contributed by atoms with Crippen molar-refractivity contribution in [1.82, 2.24) is 10.2 Å². The zero-order chi connectivity index (χ0) is 8.23. The minimum atomic E-state index is 0.709. The number of piperazine rings is 1. The van der Waals surface area contributed by atoms with E-state index in [9.17, 15) is 0 Å². The highest BCUT2D eigenvalue weighted by molar-refractivity contribution is 4.78.